The normalized spacial score (nSPS) is 18.9. The lowest BCUT2D eigenvalue weighted by atomic mass is 9.97. The lowest BCUT2D eigenvalue weighted by Crippen LogP contribution is -2.41. The number of rotatable bonds is 7. The summed E-state index contributed by atoms with van der Waals surface area (Å²) in [6.07, 6.45) is 3.06. The molecule has 2 nitrogen and oxygen atoms in total. The highest BCUT2D eigenvalue weighted by Crippen LogP contribution is 2.22. The van der Waals surface area contributed by atoms with Crippen molar-refractivity contribution in [3.05, 3.63) is 35.9 Å². The first-order valence-electron chi connectivity index (χ1n) is 7.69. The van der Waals surface area contributed by atoms with Crippen molar-refractivity contribution in [2.24, 2.45) is 0 Å². The van der Waals surface area contributed by atoms with Gasteiger partial charge in [-0.1, -0.05) is 43.7 Å². The highest BCUT2D eigenvalue weighted by molar-refractivity contribution is 6.00. The number of nitrogens with zero attached hydrogens (tertiary/aromatic N) is 1. The maximum Gasteiger partial charge on any atom is 0.180 e. The van der Waals surface area contributed by atoms with Crippen LogP contribution in [0.15, 0.2) is 30.3 Å². The predicted octanol–water partition coefficient (Wildman–Crippen LogP) is 3.86. The molecule has 20 heavy (non-hydrogen) atoms. The summed E-state index contributed by atoms with van der Waals surface area (Å²) in [7, 11) is 0. The van der Waals surface area contributed by atoms with Gasteiger partial charge in [0.05, 0.1) is 6.04 Å². The maximum atomic E-state index is 14.0. The van der Waals surface area contributed by atoms with Gasteiger partial charge in [0.2, 0.25) is 0 Å². The molecule has 0 spiro atoms. The van der Waals surface area contributed by atoms with Crippen LogP contribution in [0, 0.1) is 0 Å². The van der Waals surface area contributed by atoms with E-state index in [4.69, 9.17) is 0 Å². The third-order valence-electron chi connectivity index (χ3n) is 4.02. The minimum Gasteiger partial charge on any atom is -0.293 e. The standard InChI is InChI=1S/C17H24FNO/c1-2-8-15(18)13-16(19-11-6-7-12-19)17(20)14-9-4-3-5-10-14/h3-5,9-10,15-16H,2,6-8,11-13H2,1H3. The van der Waals surface area contributed by atoms with Gasteiger partial charge >= 0.3 is 0 Å². The number of Topliss-reactive ketones (excluding diaryl/α,β-unsaturated/α-hetero) is 1. The van der Waals surface area contributed by atoms with Gasteiger partial charge in [-0.25, -0.2) is 4.39 Å². The SMILES string of the molecule is CCCC(F)CC(C(=O)c1ccccc1)N1CCCC1. The lowest BCUT2D eigenvalue weighted by molar-refractivity contribution is 0.0794. The molecular weight excluding hydrogens is 253 g/mol. The second kappa shape index (κ2) is 7.53. The average molecular weight is 277 g/mol. The monoisotopic (exact) mass is 277 g/mol. The minimum absolute atomic E-state index is 0.0752. The number of alkyl halides is 1. The molecule has 3 heteroatoms. The Labute approximate surface area is 121 Å². The molecule has 1 fully saturated rings. The topological polar surface area (TPSA) is 20.3 Å². The molecule has 0 aromatic heterocycles. The summed E-state index contributed by atoms with van der Waals surface area (Å²) >= 11 is 0. The van der Waals surface area contributed by atoms with Gasteiger partial charge in [-0.05, 0) is 32.4 Å². The van der Waals surface area contributed by atoms with Crippen LogP contribution in [0.2, 0.25) is 0 Å². The summed E-state index contributed by atoms with van der Waals surface area (Å²) in [5, 5.41) is 0. The van der Waals surface area contributed by atoms with Crippen molar-refractivity contribution in [2.45, 2.75) is 51.2 Å². The first-order chi connectivity index (χ1) is 9.72. The maximum absolute atomic E-state index is 14.0. The molecule has 0 saturated carbocycles. The van der Waals surface area contributed by atoms with Gasteiger partial charge in [0, 0.05) is 12.0 Å². The number of hydrogen-bond acceptors (Lipinski definition) is 2. The smallest absolute Gasteiger partial charge is 0.180 e. The number of carbonyl (C=O) groups excluding carboxylic acids is 1. The Hall–Kier alpha value is -1.22. The highest BCUT2D eigenvalue weighted by atomic mass is 19.1. The summed E-state index contributed by atoms with van der Waals surface area (Å²) in [4.78, 5) is 14.8. The van der Waals surface area contributed by atoms with Gasteiger partial charge in [-0.15, -0.1) is 0 Å². The Balaban J connectivity index is 2.11. The fourth-order valence-corrected chi connectivity index (χ4v) is 2.94. The zero-order valence-electron chi connectivity index (χ0n) is 12.2. The number of ketones is 1. The van der Waals surface area contributed by atoms with Gasteiger partial charge in [-0.2, -0.15) is 0 Å². The molecule has 0 aliphatic carbocycles. The molecular formula is C17H24FNO. The Bertz CT molecular complexity index is 414. The van der Waals surface area contributed by atoms with E-state index in [0.717, 1.165) is 32.4 Å². The van der Waals surface area contributed by atoms with E-state index in [1.165, 1.54) is 0 Å². The molecule has 1 aliphatic rings. The van der Waals surface area contributed by atoms with E-state index in [1.807, 2.05) is 37.3 Å². The summed E-state index contributed by atoms with van der Waals surface area (Å²) in [5.41, 5.74) is 0.702. The van der Waals surface area contributed by atoms with E-state index in [0.29, 0.717) is 18.4 Å². The van der Waals surface area contributed by atoms with Crippen molar-refractivity contribution in [1.29, 1.82) is 0 Å². The second-order valence-electron chi connectivity index (χ2n) is 5.61. The van der Waals surface area contributed by atoms with E-state index in [2.05, 4.69) is 4.90 Å². The van der Waals surface area contributed by atoms with Crippen LogP contribution in [0.3, 0.4) is 0 Å². The molecule has 1 heterocycles. The zero-order chi connectivity index (χ0) is 14.4. The molecule has 2 rings (SSSR count). The van der Waals surface area contributed by atoms with Gasteiger partial charge < -0.3 is 0 Å². The van der Waals surface area contributed by atoms with E-state index < -0.39 is 6.17 Å². The van der Waals surface area contributed by atoms with Crippen molar-refractivity contribution in [3.8, 4) is 0 Å². The molecule has 110 valence electrons. The predicted molar refractivity (Wildman–Crippen MR) is 79.8 cm³/mol. The lowest BCUT2D eigenvalue weighted by Gasteiger charge is -2.27. The van der Waals surface area contributed by atoms with Crippen LogP contribution >= 0.6 is 0 Å². The van der Waals surface area contributed by atoms with Gasteiger partial charge in [0.15, 0.2) is 5.78 Å². The Morgan fingerprint density at radius 1 is 1.25 bits per heavy atom. The molecule has 1 aromatic rings. The summed E-state index contributed by atoms with van der Waals surface area (Å²) in [6, 6.07) is 9.01. The van der Waals surface area contributed by atoms with Crippen molar-refractivity contribution < 1.29 is 9.18 Å². The van der Waals surface area contributed by atoms with Gasteiger partial charge in [0.1, 0.15) is 6.17 Å². The third-order valence-corrected chi connectivity index (χ3v) is 4.02. The molecule has 0 N–H and O–H groups in total. The number of hydrogen-bond donors (Lipinski definition) is 0. The molecule has 2 atom stereocenters. The molecule has 2 unspecified atom stereocenters. The van der Waals surface area contributed by atoms with E-state index in [-0.39, 0.29) is 11.8 Å². The average Bonchev–Trinajstić information content (AvgIpc) is 2.99. The van der Waals surface area contributed by atoms with Gasteiger partial charge in [0.25, 0.3) is 0 Å². The Kier molecular flexibility index (Phi) is 5.72. The molecule has 1 aliphatic heterocycles. The van der Waals surface area contributed by atoms with Crippen molar-refractivity contribution in [3.63, 3.8) is 0 Å². The minimum atomic E-state index is -0.877. The number of likely N-dealkylation sites (tertiary alicyclic amines) is 1. The van der Waals surface area contributed by atoms with Crippen molar-refractivity contribution >= 4 is 5.78 Å². The first-order valence-corrected chi connectivity index (χ1v) is 7.69. The van der Waals surface area contributed by atoms with Crippen LogP contribution < -0.4 is 0 Å². The fraction of sp³-hybridized carbons (Fsp3) is 0.588. The number of benzene rings is 1. The number of carbonyl (C=O) groups is 1. The van der Waals surface area contributed by atoms with Crippen LogP contribution in [0.25, 0.3) is 0 Å². The first kappa shape index (κ1) is 15.2. The van der Waals surface area contributed by atoms with Crippen LogP contribution in [0.5, 0.6) is 0 Å². The van der Waals surface area contributed by atoms with Crippen LogP contribution in [0.1, 0.15) is 49.4 Å². The van der Waals surface area contributed by atoms with E-state index in [1.54, 1.807) is 0 Å². The second-order valence-corrected chi connectivity index (χ2v) is 5.61. The molecule has 1 aromatic carbocycles. The Morgan fingerprint density at radius 3 is 2.50 bits per heavy atom. The summed E-state index contributed by atoms with van der Waals surface area (Å²) < 4.78 is 14.0. The largest absolute Gasteiger partial charge is 0.293 e. The quantitative estimate of drug-likeness (QED) is 0.705. The Morgan fingerprint density at radius 2 is 1.90 bits per heavy atom. The van der Waals surface area contributed by atoms with E-state index >= 15 is 0 Å². The van der Waals surface area contributed by atoms with Crippen LogP contribution in [0.4, 0.5) is 4.39 Å². The van der Waals surface area contributed by atoms with E-state index in [9.17, 15) is 9.18 Å². The molecule has 0 bridgehead atoms. The summed E-state index contributed by atoms with van der Waals surface area (Å²) in [5.74, 6) is 0.0752. The molecule has 0 radical (unpaired) electrons. The molecule has 1 saturated heterocycles. The van der Waals surface area contributed by atoms with Crippen LogP contribution in [-0.2, 0) is 0 Å². The zero-order valence-corrected chi connectivity index (χ0v) is 12.2. The third kappa shape index (κ3) is 3.89. The van der Waals surface area contributed by atoms with Crippen molar-refractivity contribution in [1.82, 2.24) is 4.90 Å². The van der Waals surface area contributed by atoms with Gasteiger partial charge in [-0.3, -0.25) is 9.69 Å². The summed E-state index contributed by atoms with van der Waals surface area (Å²) in [6.45, 7) is 3.82. The molecule has 0 amide bonds. The van der Waals surface area contributed by atoms with Crippen molar-refractivity contribution in [2.75, 3.05) is 13.1 Å². The highest BCUT2D eigenvalue weighted by Gasteiger charge is 2.30. The number of halogens is 1. The fourth-order valence-electron chi connectivity index (χ4n) is 2.94. The van der Waals surface area contributed by atoms with Crippen LogP contribution in [-0.4, -0.2) is 36.0 Å².